The molecule has 3 heteroatoms. The topological polar surface area (TPSA) is 50.1 Å². The maximum atomic E-state index is 12.6. The molecular weight excluding hydrogens is 394 g/mol. The highest BCUT2D eigenvalue weighted by Gasteiger charge is 2.13. The van der Waals surface area contributed by atoms with E-state index in [0.29, 0.717) is 16.9 Å². The minimum absolute atomic E-state index is 0.309. The number of rotatable bonds is 10. The van der Waals surface area contributed by atoms with E-state index in [0.717, 1.165) is 48.8 Å². The Morgan fingerprint density at radius 3 is 2.00 bits per heavy atom. The fraction of sp³-hybridized carbons (Fsp3) is 0.310. The summed E-state index contributed by atoms with van der Waals surface area (Å²) in [6.07, 6.45) is 7.84. The highest BCUT2D eigenvalue weighted by Crippen LogP contribution is 2.24. The molecule has 0 amide bonds. The molecular formula is C29H31NO2. The van der Waals surface area contributed by atoms with Crippen LogP contribution in [-0.2, 0) is 12.8 Å². The third-order valence-corrected chi connectivity index (χ3v) is 5.66. The molecule has 3 nitrogen and oxygen atoms in total. The monoisotopic (exact) mass is 425 g/mol. The molecule has 0 saturated heterocycles. The quantitative estimate of drug-likeness (QED) is 0.192. The van der Waals surface area contributed by atoms with Crippen LogP contribution in [0.25, 0.3) is 11.1 Å². The highest BCUT2D eigenvalue weighted by molar-refractivity contribution is 5.92. The van der Waals surface area contributed by atoms with Crippen LogP contribution in [0.15, 0.2) is 66.7 Å². The van der Waals surface area contributed by atoms with E-state index >= 15 is 0 Å². The Balaban J connectivity index is 1.66. The molecule has 0 bridgehead atoms. The summed E-state index contributed by atoms with van der Waals surface area (Å²) in [5.74, 6) is -0.148. The number of nitrogens with zero attached hydrogens (tertiary/aromatic N) is 1. The molecule has 0 aliphatic carbocycles. The van der Waals surface area contributed by atoms with E-state index in [9.17, 15) is 10.1 Å². The van der Waals surface area contributed by atoms with Gasteiger partial charge < -0.3 is 4.74 Å². The summed E-state index contributed by atoms with van der Waals surface area (Å²) in [5.41, 5.74) is 5.48. The Kier molecular flexibility index (Phi) is 8.63. The molecule has 0 aromatic heterocycles. The highest BCUT2D eigenvalue weighted by atomic mass is 16.5. The van der Waals surface area contributed by atoms with E-state index in [2.05, 4.69) is 44.2 Å². The van der Waals surface area contributed by atoms with Crippen molar-refractivity contribution in [1.29, 1.82) is 5.26 Å². The predicted octanol–water partition coefficient (Wildman–Crippen LogP) is 7.52. The Labute approximate surface area is 191 Å². The van der Waals surface area contributed by atoms with Crippen molar-refractivity contribution in [1.82, 2.24) is 0 Å². The van der Waals surface area contributed by atoms with Crippen LogP contribution in [0.2, 0.25) is 0 Å². The van der Waals surface area contributed by atoms with Gasteiger partial charge in [-0.15, -0.1) is 0 Å². The molecule has 0 fully saturated rings. The molecule has 0 aliphatic rings. The molecule has 0 spiro atoms. The SMILES string of the molecule is CCCCCc1ccc(OC(=O)c2ccc(-c3ccc(CCCC)cc3)cc2)c(C#N)c1. The number of benzene rings is 3. The lowest BCUT2D eigenvalue weighted by Gasteiger charge is -2.09. The van der Waals surface area contributed by atoms with Gasteiger partial charge in [0.2, 0.25) is 0 Å². The van der Waals surface area contributed by atoms with Crippen molar-refractivity contribution < 1.29 is 9.53 Å². The van der Waals surface area contributed by atoms with Crippen molar-refractivity contribution in [3.05, 3.63) is 89.0 Å². The zero-order valence-electron chi connectivity index (χ0n) is 19.1. The Hall–Kier alpha value is -3.38. The van der Waals surface area contributed by atoms with Crippen LogP contribution in [-0.4, -0.2) is 5.97 Å². The normalized spacial score (nSPS) is 10.5. The number of ether oxygens (including phenoxy) is 1. The van der Waals surface area contributed by atoms with Crippen molar-refractivity contribution in [2.75, 3.05) is 0 Å². The summed E-state index contributed by atoms with van der Waals surface area (Å²) < 4.78 is 5.54. The van der Waals surface area contributed by atoms with Gasteiger partial charge in [-0.1, -0.05) is 75.6 Å². The maximum Gasteiger partial charge on any atom is 0.343 e. The van der Waals surface area contributed by atoms with Crippen LogP contribution in [0.4, 0.5) is 0 Å². The summed E-state index contributed by atoms with van der Waals surface area (Å²) in [5, 5.41) is 9.49. The van der Waals surface area contributed by atoms with Gasteiger partial charge in [0.25, 0.3) is 0 Å². The summed E-state index contributed by atoms with van der Waals surface area (Å²) in [4.78, 5) is 12.6. The average Bonchev–Trinajstić information content (AvgIpc) is 2.84. The molecule has 164 valence electrons. The number of carbonyl (C=O) groups excluding carboxylic acids is 1. The molecule has 3 aromatic carbocycles. The van der Waals surface area contributed by atoms with Crippen LogP contribution in [0, 0.1) is 11.3 Å². The van der Waals surface area contributed by atoms with Gasteiger partial charge in [-0.05, 0) is 72.2 Å². The summed E-state index contributed by atoms with van der Waals surface area (Å²) in [6, 6.07) is 23.6. The molecule has 0 saturated carbocycles. The second-order valence-corrected chi connectivity index (χ2v) is 8.17. The molecule has 0 atom stereocenters. The first kappa shape index (κ1) is 23.3. The van der Waals surface area contributed by atoms with Crippen LogP contribution in [0.3, 0.4) is 0 Å². The maximum absolute atomic E-state index is 12.6. The summed E-state index contributed by atoms with van der Waals surface area (Å²) >= 11 is 0. The van der Waals surface area contributed by atoms with Crippen LogP contribution < -0.4 is 4.74 Å². The largest absolute Gasteiger partial charge is 0.422 e. The minimum atomic E-state index is -0.457. The molecule has 0 unspecified atom stereocenters. The van der Waals surface area contributed by atoms with Crippen LogP contribution >= 0.6 is 0 Å². The summed E-state index contributed by atoms with van der Waals surface area (Å²) in [7, 11) is 0. The molecule has 0 radical (unpaired) electrons. The lowest BCUT2D eigenvalue weighted by atomic mass is 10.0. The molecule has 3 aromatic rings. The number of hydrogen-bond acceptors (Lipinski definition) is 3. The number of esters is 1. The van der Waals surface area contributed by atoms with Gasteiger partial charge in [-0.3, -0.25) is 0 Å². The Morgan fingerprint density at radius 1 is 0.781 bits per heavy atom. The third-order valence-electron chi connectivity index (χ3n) is 5.66. The predicted molar refractivity (Wildman–Crippen MR) is 130 cm³/mol. The second-order valence-electron chi connectivity index (χ2n) is 8.17. The lowest BCUT2D eigenvalue weighted by molar-refractivity contribution is 0.0734. The van der Waals surface area contributed by atoms with Gasteiger partial charge in [0.15, 0.2) is 0 Å². The van der Waals surface area contributed by atoms with Gasteiger partial charge in [0.1, 0.15) is 11.8 Å². The van der Waals surface area contributed by atoms with Crippen molar-refractivity contribution in [2.24, 2.45) is 0 Å². The molecule has 32 heavy (non-hydrogen) atoms. The van der Waals surface area contributed by atoms with E-state index in [4.69, 9.17) is 4.74 Å². The van der Waals surface area contributed by atoms with E-state index in [1.165, 1.54) is 18.4 Å². The number of nitriles is 1. The second kappa shape index (κ2) is 11.9. The standard InChI is InChI=1S/C29H31NO2/c1-3-5-7-9-23-12-19-28(27(20-23)21-30)32-29(31)26-17-15-25(16-18-26)24-13-10-22(11-14-24)8-6-4-2/h10-20H,3-9H2,1-2H3. The smallest absolute Gasteiger partial charge is 0.343 e. The molecule has 3 rings (SSSR count). The Bertz CT molecular complexity index is 1060. The van der Waals surface area contributed by atoms with E-state index < -0.39 is 5.97 Å². The Morgan fingerprint density at radius 2 is 1.38 bits per heavy atom. The van der Waals surface area contributed by atoms with Gasteiger partial charge >= 0.3 is 5.97 Å². The molecule has 0 N–H and O–H groups in total. The zero-order chi connectivity index (χ0) is 22.8. The van der Waals surface area contributed by atoms with Crippen molar-refractivity contribution in [3.63, 3.8) is 0 Å². The molecule has 0 aliphatic heterocycles. The van der Waals surface area contributed by atoms with Gasteiger partial charge in [0.05, 0.1) is 11.1 Å². The average molecular weight is 426 g/mol. The first-order valence-corrected chi connectivity index (χ1v) is 11.6. The number of unbranched alkanes of at least 4 members (excludes halogenated alkanes) is 3. The van der Waals surface area contributed by atoms with E-state index in [1.54, 1.807) is 18.2 Å². The van der Waals surface area contributed by atoms with E-state index in [1.807, 2.05) is 24.3 Å². The number of carbonyl (C=O) groups is 1. The molecule has 0 heterocycles. The van der Waals surface area contributed by atoms with Crippen molar-refractivity contribution >= 4 is 5.97 Å². The first-order chi connectivity index (χ1) is 15.6. The van der Waals surface area contributed by atoms with Gasteiger partial charge in [0, 0.05) is 0 Å². The zero-order valence-corrected chi connectivity index (χ0v) is 19.1. The van der Waals surface area contributed by atoms with E-state index in [-0.39, 0.29) is 0 Å². The summed E-state index contributed by atoms with van der Waals surface area (Å²) in [6.45, 7) is 4.37. The van der Waals surface area contributed by atoms with Gasteiger partial charge in [-0.25, -0.2) is 4.79 Å². The fourth-order valence-corrected chi connectivity index (χ4v) is 3.69. The fourth-order valence-electron chi connectivity index (χ4n) is 3.69. The van der Waals surface area contributed by atoms with Gasteiger partial charge in [-0.2, -0.15) is 5.26 Å². The minimum Gasteiger partial charge on any atom is -0.422 e. The number of hydrogen-bond donors (Lipinski definition) is 0. The number of aryl methyl sites for hydroxylation is 2. The van der Waals surface area contributed by atoms with Crippen LogP contribution in [0.5, 0.6) is 5.75 Å². The van der Waals surface area contributed by atoms with Crippen molar-refractivity contribution in [3.8, 4) is 22.9 Å². The third kappa shape index (κ3) is 6.31. The van der Waals surface area contributed by atoms with Crippen LogP contribution in [0.1, 0.15) is 73.0 Å². The lowest BCUT2D eigenvalue weighted by Crippen LogP contribution is -2.09. The first-order valence-electron chi connectivity index (χ1n) is 11.6. The van der Waals surface area contributed by atoms with Crippen molar-refractivity contribution in [2.45, 2.75) is 58.8 Å².